The summed E-state index contributed by atoms with van der Waals surface area (Å²) in [6.45, 7) is 1.81. The zero-order chi connectivity index (χ0) is 10.5. The van der Waals surface area contributed by atoms with Gasteiger partial charge in [-0.25, -0.2) is 0 Å². The second-order valence-corrected chi connectivity index (χ2v) is 3.82. The molecule has 2 rings (SSSR count). The molecule has 1 amide bonds. The molecule has 1 fully saturated rings. The van der Waals surface area contributed by atoms with Crippen LogP contribution in [0.25, 0.3) is 0 Å². The van der Waals surface area contributed by atoms with Crippen LogP contribution in [-0.4, -0.2) is 25.0 Å². The minimum atomic E-state index is -0.127. The fourth-order valence-electron chi connectivity index (χ4n) is 1.86. The van der Waals surface area contributed by atoms with Crippen molar-refractivity contribution in [2.45, 2.75) is 25.3 Å². The Labute approximate surface area is 89.0 Å². The quantitative estimate of drug-likeness (QED) is 0.780. The SMILES string of the molecule is O=C(NCCC1CCCN1)c1ccco1. The van der Waals surface area contributed by atoms with Gasteiger partial charge in [-0.05, 0) is 37.9 Å². The first-order valence-electron chi connectivity index (χ1n) is 5.41. The van der Waals surface area contributed by atoms with E-state index in [1.165, 1.54) is 19.1 Å². The van der Waals surface area contributed by atoms with Gasteiger partial charge in [-0.2, -0.15) is 0 Å². The Hall–Kier alpha value is -1.29. The summed E-state index contributed by atoms with van der Waals surface area (Å²) >= 11 is 0. The summed E-state index contributed by atoms with van der Waals surface area (Å²) in [4.78, 5) is 11.5. The van der Waals surface area contributed by atoms with E-state index in [1.807, 2.05) is 0 Å². The van der Waals surface area contributed by atoms with Crippen LogP contribution >= 0.6 is 0 Å². The first-order chi connectivity index (χ1) is 7.36. The number of rotatable bonds is 4. The second-order valence-electron chi connectivity index (χ2n) is 3.82. The molecule has 1 unspecified atom stereocenters. The van der Waals surface area contributed by atoms with Gasteiger partial charge in [0.2, 0.25) is 0 Å². The standard InChI is InChI=1S/C11H16N2O2/c14-11(10-4-2-8-15-10)13-7-5-9-3-1-6-12-9/h2,4,8-9,12H,1,3,5-7H2,(H,13,14). The lowest BCUT2D eigenvalue weighted by Crippen LogP contribution is -2.30. The number of carbonyl (C=O) groups is 1. The third kappa shape index (κ3) is 2.83. The van der Waals surface area contributed by atoms with E-state index in [4.69, 9.17) is 4.42 Å². The minimum Gasteiger partial charge on any atom is -0.459 e. The van der Waals surface area contributed by atoms with Crippen molar-refractivity contribution in [2.24, 2.45) is 0 Å². The van der Waals surface area contributed by atoms with E-state index in [-0.39, 0.29) is 5.91 Å². The molecule has 1 aliphatic rings. The molecule has 1 saturated heterocycles. The molecular weight excluding hydrogens is 192 g/mol. The molecule has 0 saturated carbocycles. The van der Waals surface area contributed by atoms with Gasteiger partial charge in [0.05, 0.1) is 6.26 Å². The van der Waals surface area contributed by atoms with Crippen molar-refractivity contribution in [2.75, 3.05) is 13.1 Å². The Morgan fingerprint density at radius 2 is 2.60 bits per heavy atom. The molecule has 4 heteroatoms. The molecule has 0 bridgehead atoms. The van der Waals surface area contributed by atoms with Gasteiger partial charge in [0.25, 0.3) is 5.91 Å². The van der Waals surface area contributed by atoms with Crippen molar-refractivity contribution in [3.8, 4) is 0 Å². The first-order valence-corrected chi connectivity index (χ1v) is 5.41. The van der Waals surface area contributed by atoms with Gasteiger partial charge < -0.3 is 15.1 Å². The monoisotopic (exact) mass is 208 g/mol. The highest BCUT2D eigenvalue weighted by molar-refractivity contribution is 5.91. The predicted octanol–water partition coefficient (Wildman–Crippen LogP) is 1.15. The van der Waals surface area contributed by atoms with Gasteiger partial charge in [-0.3, -0.25) is 4.79 Å². The number of nitrogens with one attached hydrogen (secondary N) is 2. The second kappa shape index (κ2) is 4.98. The Kier molecular flexibility index (Phi) is 3.40. The molecule has 1 aromatic heterocycles. The lowest BCUT2D eigenvalue weighted by molar-refractivity contribution is 0.0924. The molecule has 0 spiro atoms. The smallest absolute Gasteiger partial charge is 0.286 e. The maximum Gasteiger partial charge on any atom is 0.286 e. The highest BCUT2D eigenvalue weighted by Crippen LogP contribution is 2.07. The summed E-state index contributed by atoms with van der Waals surface area (Å²) in [5.74, 6) is 0.257. The van der Waals surface area contributed by atoms with E-state index < -0.39 is 0 Å². The number of hydrogen-bond acceptors (Lipinski definition) is 3. The van der Waals surface area contributed by atoms with Gasteiger partial charge >= 0.3 is 0 Å². The van der Waals surface area contributed by atoms with E-state index >= 15 is 0 Å². The third-order valence-electron chi connectivity index (χ3n) is 2.69. The Balaban J connectivity index is 1.67. The van der Waals surface area contributed by atoms with E-state index in [0.717, 1.165) is 13.0 Å². The normalized spacial score (nSPS) is 20.4. The molecule has 1 aromatic rings. The van der Waals surface area contributed by atoms with Crippen LogP contribution in [0, 0.1) is 0 Å². The highest BCUT2D eigenvalue weighted by Gasteiger charge is 2.14. The van der Waals surface area contributed by atoms with Crippen molar-refractivity contribution in [3.63, 3.8) is 0 Å². The largest absolute Gasteiger partial charge is 0.459 e. The number of carbonyl (C=O) groups excluding carboxylic acids is 1. The fraction of sp³-hybridized carbons (Fsp3) is 0.545. The van der Waals surface area contributed by atoms with Crippen molar-refractivity contribution in [1.29, 1.82) is 0 Å². The van der Waals surface area contributed by atoms with Gasteiger partial charge in [-0.15, -0.1) is 0 Å². The van der Waals surface area contributed by atoms with E-state index in [9.17, 15) is 4.79 Å². The average Bonchev–Trinajstić information content (AvgIpc) is 2.90. The van der Waals surface area contributed by atoms with Crippen LogP contribution in [0.5, 0.6) is 0 Å². The van der Waals surface area contributed by atoms with Crippen LogP contribution < -0.4 is 10.6 Å². The molecular formula is C11H16N2O2. The zero-order valence-electron chi connectivity index (χ0n) is 8.66. The zero-order valence-corrected chi connectivity index (χ0v) is 8.66. The predicted molar refractivity (Wildman–Crippen MR) is 56.7 cm³/mol. The van der Waals surface area contributed by atoms with Gasteiger partial charge in [0, 0.05) is 12.6 Å². The third-order valence-corrected chi connectivity index (χ3v) is 2.69. The van der Waals surface area contributed by atoms with Gasteiger partial charge in [-0.1, -0.05) is 0 Å². The summed E-state index contributed by atoms with van der Waals surface area (Å²) in [6, 6.07) is 3.96. The lowest BCUT2D eigenvalue weighted by atomic mass is 10.1. The Morgan fingerprint density at radius 1 is 1.67 bits per heavy atom. The number of hydrogen-bond donors (Lipinski definition) is 2. The molecule has 0 aromatic carbocycles. The van der Waals surface area contributed by atoms with Crippen LogP contribution in [0.2, 0.25) is 0 Å². The van der Waals surface area contributed by atoms with Crippen LogP contribution in [0.4, 0.5) is 0 Å². The molecule has 1 atom stereocenters. The first kappa shape index (κ1) is 10.2. The maximum absolute atomic E-state index is 11.5. The molecule has 15 heavy (non-hydrogen) atoms. The maximum atomic E-state index is 11.5. The van der Waals surface area contributed by atoms with Crippen molar-refractivity contribution in [3.05, 3.63) is 24.2 Å². The Bertz CT molecular complexity index is 302. The van der Waals surface area contributed by atoms with Crippen molar-refractivity contribution in [1.82, 2.24) is 10.6 Å². The lowest BCUT2D eigenvalue weighted by Gasteiger charge is -2.09. The van der Waals surface area contributed by atoms with Crippen LogP contribution in [0.3, 0.4) is 0 Å². The number of amides is 1. The molecule has 1 aliphatic heterocycles. The summed E-state index contributed by atoms with van der Waals surface area (Å²) in [6.07, 6.45) is 4.97. The van der Waals surface area contributed by atoms with Crippen LogP contribution in [0.1, 0.15) is 29.8 Å². The molecule has 2 N–H and O–H groups in total. The Morgan fingerprint density at radius 3 is 3.27 bits per heavy atom. The van der Waals surface area contributed by atoms with E-state index in [1.54, 1.807) is 12.1 Å². The van der Waals surface area contributed by atoms with Crippen molar-refractivity contribution >= 4 is 5.91 Å². The molecule has 2 heterocycles. The van der Waals surface area contributed by atoms with Crippen LogP contribution in [0.15, 0.2) is 22.8 Å². The van der Waals surface area contributed by atoms with E-state index in [2.05, 4.69) is 10.6 Å². The molecule has 82 valence electrons. The highest BCUT2D eigenvalue weighted by atomic mass is 16.3. The summed E-state index contributed by atoms with van der Waals surface area (Å²) in [7, 11) is 0. The number of furan rings is 1. The molecule has 4 nitrogen and oxygen atoms in total. The summed E-state index contributed by atoms with van der Waals surface area (Å²) in [5.41, 5.74) is 0. The van der Waals surface area contributed by atoms with Gasteiger partial charge in [0.1, 0.15) is 0 Å². The van der Waals surface area contributed by atoms with Crippen molar-refractivity contribution < 1.29 is 9.21 Å². The van der Waals surface area contributed by atoms with Crippen LogP contribution in [-0.2, 0) is 0 Å². The fourth-order valence-corrected chi connectivity index (χ4v) is 1.86. The van der Waals surface area contributed by atoms with E-state index in [0.29, 0.717) is 18.3 Å². The topological polar surface area (TPSA) is 54.3 Å². The minimum absolute atomic E-state index is 0.127. The molecule has 0 aliphatic carbocycles. The summed E-state index contributed by atoms with van der Waals surface area (Å²) in [5, 5.41) is 6.23. The summed E-state index contributed by atoms with van der Waals surface area (Å²) < 4.78 is 4.99. The molecule has 0 radical (unpaired) electrons. The average molecular weight is 208 g/mol. The van der Waals surface area contributed by atoms with Gasteiger partial charge in [0.15, 0.2) is 5.76 Å².